The lowest BCUT2D eigenvalue weighted by atomic mass is 9.92. The Labute approximate surface area is 206 Å². The van der Waals surface area contributed by atoms with Crippen molar-refractivity contribution in [2.75, 3.05) is 14.2 Å². The predicted octanol–water partition coefficient (Wildman–Crippen LogP) is 7.81. The lowest BCUT2D eigenvalue weighted by molar-refractivity contribution is 0.414. The Kier molecular flexibility index (Phi) is 6.67. The van der Waals surface area contributed by atoms with E-state index in [0.717, 1.165) is 47.0 Å². The third kappa shape index (κ3) is 4.99. The normalized spacial score (nSPS) is 10.8. The molecule has 0 saturated heterocycles. The topological polar surface area (TPSA) is 31.6 Å². The van der Waals surface area contributed by atoms with Gasteiger partial charge in [0.2, 0.25) is 0 Å². The maximum atomic E-state index is 6.70. The first-order valence-electron chi connectivity index (χ1n) is 11.8. The molecular formula is C32H28O3. The third-order valence-corrected chi connectivity index (χ3v) is 6.27. The monoisotopic (exact) mass is 460 g/mol. The number of hydrogen-bond acceptors (Lipinski definition) is 3. The first-order valence-corrected chi connectivity index (χ1v) is 11.8. The Bertz CT molecular complexity index is 1260. The van der Waals surface area contributed by atoms with Crippen LogP contribution in [0.1, 0.15) is 22.3 Å². The fraction of sp³-hybridized carbons (Fsp3) is 0.125. The molecular weight excluding hydrogens is 432 g/mol. The molecule has 5 rings (SSSR count). The summed E-state index contributed by atoms with van der Waals surface area (Å²) < 4.78 is 17.4. The van der Waals surface area contributed by atoms with E-state index in [4.69, 9.17) is 13.9 Å². The first kappa shape index (κ1) is 22.5. The van der Waals surface area contributed by atoms with Crippen LogP contribution < -0.4 is 9.47 Å². The van der Waals surface area contributed by atoms with Gasteiger partial charge in [-0.15, -0.1) is 0 Å². The van der Waals surface area contributed by atoms with Gasteiger partial charge in [-0.3, -0.25) is 0 Å². The molecule has 1 heterocycles. The van der Waals surface area contributed by atoms with E-state index in [2.05, 4.69) is 72.8 Å². The van der Waals surface area contributed by atoms with Crippen molar-refractivity contribution < 1.29 is 13.9 Å². The molecule has 5 aromatic rings. The van der Waals surface area contributed by atoms with E-state index in [-0.39, 0.29) is 0 Å². The van der Waals surface area contributed by atoms with Crippen LogP contribution in [0.4, 0.5) is 0 Å². The van der Waals surface area contributed by atoms with Crippen molar-refractivity contribution in [3.8, 4) is 34.1 Å². The van der Waals surface area contributed by atoms with E-state index in [1.54, 1.807) is 14.2 Å². The Hall–Kier alpha value is -4.24. The van der Waals surface area contributed by atoms with Crippen molar-refractivity contribution in [1.82, 2.24) is 0 Å². The minimum atomic E-state index is 0.760. The molecule has 0 fully saturated rings. The van der Waals surface area contributed by atoms with Crippen molar-refractivity contribution in [2.45, 2.75) is 12.8 Å². The number of ether oxygens (including phenoxy) is 2. The van der Waals surface area contributed by atoms with Gasteiger partial charge in [-0.1, -0.05) is 84.9 Å². The quantitative estimate of drug-likeness (QED) is 0.237. The van der Waals surface area contributed by atoms with Gasteiger partial charge >= 0.3 is 0 Å². The molecule has 0 aliphatic rings. The molecule has 1 aromatic heterocycles. The molecule has 174 valence electrons. The van der Waals surface area contributed by atoms with Crippen LogP contribution in [-0.2, 0) is 12.8 Å². The highest BCUT2D eigenvalue weighted by molar-refractivity contribution is 5.73. The van der Waals surface area contributed by atoms with E-state index in [9.17, 15) is 0 Å². The molecule has 0 spiro atoms. The van der Waals surface area contributed by atoms with Gasteiger partial charge in [-0.25, -0.2) is 0 Å². The Morgan fingerprint density at radius 1 is 0.486 bits per heavy atom. The van der Waals surface area contributed by atoms with Gasteiger partial charge in [0.25, 0.3) is 0 Å². The van der Waals surface area contributed by atoms with Crippen LogP contribution in [0.2, 0.25) is 0 Å². The van der Waals surface area contributed by atoms with Crippen molar-refractivity contribution in [1.29, 1.82) is 0 Å². The second-order valence-corrected chi connectivity index (χ2v) is 8.50. The van der Waals surface area contributed by atoms with E-state index < -0.39 is 0 Å². The molecule has 3 nitrogen and oxygen atoms in total. The number of furan rings is 1. The smallest absolute Gasteiger partial charge is 0.138 e. The molecule has 3 heteroatoms. The van der Waals surface area contributed by atoms with Crippen LogP contribution in [-0.4, -0.2) is 14.2 Å². The first-order chi connectivity index (χ1) is 17.2. The summed E-state index contributed by atoms with van der Waals surface area (Å²) in [4.78, 5) is 0. The molecule has 0 N–H and O–H groups in total. The highest BCUT2D eigenvalue weighted by Crippen LogP contribution is 2.40. The van der Waals surface area contributed by atoms with E-state index >= 15 is 0 Å². The average Bonchev–Trinajstić information content (AvgIpc) is 3.28. The minimum absolute atomic E-state index is 0.760. The molecule has 0 radical (unpaired) electrons. The molecule has 35 heavy (non-hydrogen) atoms. The summed E-state index contributed by atoms with van der Waals surface area (Å²) in [6.45, 7) is 0. The van der Waals surface area contributed by atoms with Crippen molar-refractivity contribution >= 4 is 0 Å². The maximum absolute atomic E-state index is 6.70. The van der Waals surface area contributed by atoms with Gasteiger partial charge < -0.3 is 13.9 Å². The van der Waals surface area contributed by atoms with Crippen LogP contribution in [0.15, 0.2) is 114 Å². The van der Waals surface area contributed by atoms with Crippen molar-refractivity contribution in [3.05, 3.63) is 131 Å². The molecule has 0 bridgehead atoms. The number of hydrogen-bond donors (Lipinski definition) is 0. The largest absolute Gasteiger partial charge is 0.497 e. The van der Waals surface area contributed by atoms with Crippen molar-refractivity contribution in [3.63, 3.8) is 0 Å². The molecule has 0 amide bonds. The number of benzene rings is 4. The fourth-order valence-corrected chi connectivity index (χ4v) is 4.41. The number of methoxy groups -OCH3 is 2. The molecule has 0 aliphatic heterocycles. The van der Waals surface area contributed by atoms with Gasteiger partial charge in [0.1, 0.15) is 23.0 Å². The molecule has 0 saturated carbocycles. The van der Waals surface area contributed by atoms with E-state index in [1.807, 2.05) is 36.4 Å². The molecule has 0 unspecified atom stereocenters. The Morgan fingerprint density at radius 3 is 1.20 bits per heavy atom. The van der Waals surface area contributed by atoms with Gasteiger partial charge in [0.05, 0.1) is 14.2 Å². The van der Waals surface area contributed by atoms with Crippen LogP contribution in [0, 0.1) is 0 Å². The Balaban J connectivity index is 1.67. The summed E-state index contributed by atoms with van der Waals surface area (Å²) in [5.74, 6) is 3.55. The lowest BCUT2D eigenvalue weighted by Crippen LogP contribution is -1.98. The zero-order valence-electron chi connectivity index (χ0n) is 20.0. The van der Waals surface area contributed by atoms with E-state index in [1.165, 1.54) is 22.3 Å². The predicted molar refractivity (Wildman–Crippen MR) is 141 cm³/mol. The lowest BCUT2D eigenvalue weighted by Gasteiger charge is -2.10. The highest BCUT2D eigenvalue weighted by atomic mass is 16.5. The van der Waals surface area contributed by atoms with Crippen LogP contribution in [0.3, 0.4) is 0 Å². The maximum Gasteiger partial charge on any atom is 0.138 e. The molecule has 0 aliphatic carbocycles. The summed E-state index contributed by atoms with van der Waals surface area (Å²) in [6, 6.07) is 37.3. The van der Waals surface area contributed by atoms with Crippen LogP contribution >= 0.6 is 0 Å². The van der Waals surface area contributed by atoms with Gasteiger partial charge in [-0.05, 0) is 35.4 Å². The third-order valence-electron chi connectivity index (χ3n) is 6.27. The average molecular weight is 461 g/mol. The summed E-state index contributed by atoms with van der Waals surface area (Å²) in [5.41, 5.74) is 6.98. The van der Waals surface area contributed by atoms with Gasteiger partial charge in [0.15, 0.2) is 0 Å². The van der Waals surface area contributed by atoms with Gasteiger partial charge in [-0.2, -0.15) is 0 Å². The zero-order chi connectivity index (χ0) is 24.0. The highest BCUT2D eigenvalue weighted by Gasteiger charge is 2.23. The summed E-state index contributed by atoms with van der Waals surface area (Å²) >= 11 is 0. The minimum Gasteiger partial charge on any atom is -0.497 e. The van der Waals surface area contributed by atoms with Gasteiger partial charge in [0, 0.05) is 35.1 Å². The zero-order valence-corrected chi connectivity index (χ0v) is 20.0. The second-order valence-electron chi connectivity index (χ2n) is 8.50. The standard InChI is InChI=1S/C32H28O3/c1-33-27-17-13-23(14-18-27)21-29-30(22-24-15-19-28(34-2)20-16-24)32(26-11-7-4-8-12-26)35-31(29)25-9-5-3-6-10-25/h3-20H,21-22H2,1-2H3. The van der Waals surface area contributed by atoms with Crippen LogP contribution in [0.25, 0.3) is 22.6 Å². The molecule has 0 atom stereocenters. The molecule has 4 aromatic carbocycles. The summed E-state index contributed by atoms with van der Waals surface area (Å²) in [5, 5.41) is 0. The summed E-state index contributed by atoms with van der Waals surface area (Å²) in [7, 11) is 3.38. The number of rotatable bonds is 8. The fourth-order valence-electron chi connectivity index (χ4n) is 4.41. The summed E-state index contributed by atoms with van der Waals surface area (Å²) in [6.07, 6.45) is 1.52. The second kappa shape index (κ2) is 10.4. The van der Waals surface area contributed by atoms with E-state index in [0.29, 0.717) is 0 Å². The Morgan fingerprint density at radius 2 is 0.857 bits per heavy atom. The van der Waals surface area contributed by atoms with Crippen molar-refractivity contribution in [2.24, 2.45) is 0 Å². The van der Waals surface area contributed by atoms with Crippen LogP contribution in [0.5, 0.6) is 11.5 Å². The SMILES string of the molecule is COc1ccc(Cc2c(-c3ccccc3)oc(-c3ccccc3)c2Cc2ccc(OC)cc2)cc1.